The second-order valence-corrected chi connectivity index (χ2v) is 8.72. The van der Waals surface area contributed by atoms with Gasteiger partial charge in [-0.3, -0.25) is 4.79 Å². The van der Waals surface area contributed by atoms with Crippen LogP contribution in [0.4, 0.5) is 10.2 Å². The molecule has 1 unspecified atom stereocenters. The van der Waals surface area contributed by atoms with E-state index in [-0.39, 0.29) is 11.7 Å². The maximum Gasteiger partial charge on any atom is 0.256 e. The molecule has 0 spiro atoms. The zero-order valence-corrected chi connectivity index (χ0v) is 17.7. The number of rotatable bonds is 5. The Morgan fingerprint density at radius 2 is 1.83 bits per heavy atom. The van der Waals surface area contributed by atoms with Gasteiger partial charge in [0.2, 0.25) is 0 Å². The summed E-state index contributed by atoms with van der Waals surface area (Å²) in [6, 6.07) is 7.40. The van der Waals surface area contributed by atoms with Gasteiger partial charge in [0.05, 0.1) is 17.2 Å². The summed E-state index contributed by atoms with van der Waals surface area (Å²) < 4.78 is 13.8. The van der Waals surface area contributed by atoms with E-state index in [1.807, 2.05) is 0 Å². The van der Waals surface area contributed by atoms with E-state index in [1.165, 1.54) is 44.2 Å². The van der Waals surface area contributed by atoms with Gasteiger partial charge in [0, 0.05) is 36.6 Å². The minimum atomic E-state index is -0.459. The average Bonchev–Trinajstić information content (AvgIpc) is 2.73. The van der Waals surface area contributed by atoms with Crippen molar-refractivity contribution in [3.8, 4) is 0 Å². The van der Waals surface area contributed by atoms with Crippen LogP contribution in [0.1, 0.15) is 62.2 Å². The quantitative estimate of drug-likeness (QED) is 0.655. The molecule has 1 atom stereocenters. The normalized spacial score (nSPS) is 19.8. The molecule has 1 amide bonds. The predicted octanol–water partition coefficient (Wildman–Crippen LogP) is 3.30. The second-order valence-electron chi connectivity index (χ2n) is 8.72. The molecule has 2 aliphatic rings. The van der Waals surface area contributed by atoms with Crippen molar-refractivity contribution in [2.75, 3.05) is 18.0 Å². The van der Waals surface area contributed by atoms with E-state index in [4.69, 9.17) is 10.7 Å². The summed E-state index contributed by atoms with van der Waals surface area (Å²) in [5, 5.41) is 7.34. The molecular weight excluding hydrogens is 381 g/mol. The third-order valence-corrected chi connectivity index (χ3v) is 6.23. The first kappa shape index (κ1) is 21.0. The van der Waals surface area contributed by atoms with Crippen molar-refractivity contribution in [1.29, 1.82) is 0 Å². The van der Waals surface area contributed by atoms with E-state index in [0.29, 0.717) is 29.0 Å². The van der Waals surface area contributed by atoms with Crippen molar-refractivity contribution in [2.45, 2.75) is 70.1 Å². The van der Waals surface area contributed by atoms with Gasteiger partial charge in [0.1, 0.15) is 11.6 Å². The number of nitrogens with one attached hydrogen (secondary N) is 2. The number of piperidine rings is 1. The van der Waals surface area contributed by atoms with Gasteiger partial charge >= 0.3 is 0 Å². The third-order valence-electron chi connectivity index (χ3n) is 6.23. The van der Waals surface area contributed by atoms with E-state index in [9.17, 15) is 9.18 Å². The number of fused-ring (bicyclic) bond motifs is 1. The molecule has 7 heteroatoms. The van der Waals surface area contributed by atoms with E-state index in [1.54, 1.807) is 19.1 Å². The molecule has 162 valence electrons. The summed E-state index contributed by atoms with van der Waals surface area (Å²) in [6.45, 7) is 3.36. The Balaban J connectivity index is 1.53. The van der Waals surface area contributed by atoms with E-state index < -0.39 is 6.17 Å². The number of nitrogens with zero attached hydrogens (tertiary/aromatic N) is 2. The maximum absolute atomic E-state index is 13.8. The number of carbonyl (C=O) groups is 1. The largest absolute Gasteiger partial charge is 0.356 e. The van der Waals surface area contributed by atoms with Crippen LogP contribution in [-0.2, 0) is 0 Å². The summed E-state index contributed by atoms with van der Waals surface area (Å²) in [7, 11) is 0. The Bertz CT molecular complexity index is 889. The molecule has 1 aliphatic carbocycles. The Hall–Kier alpha value is -2.25. The maximum atomic E-state index is 13.8. The fourth-order valence-electron chi connectivity index (χ4n) is 4.68. The van der Waals surface area contributed by atoms with Gasteiger partial charge in [0.15, 0.2) is 0 Å². The van der Waals surface area contributed by atoms with Gasteiger partial charge < -0.3 is 21.3 Å². The number of anilines is 1. The van der Waals surface area contributed by atoms with Gasteiger partial charge in [-0.25, -0.2) is 9.37 Å². The van der Waals surface area contributed by atoms with Crippen LogP contribution in [0.2, 0.25) is 0 Å². The lowest BCUT2D eigenvalue weighted by molar-refractivity contribution is 0.0941. The first-order valence-corrected chi connectivity index (χ1v) is 11.2. The fourth-order valence-corrected chi connectivity index (χ4v) is 4.68. The second kappa shape index (κ2) is 9.27. The number of aromatic nitrogens is 1. The molecular formula is C23H32FN5O. The lowest BCUT2D eigenvalue weighted by atomic mass is 9.93. The number of nitrogens with two attached hydrogens (primary N) is 1. The van der Waals surface area contributed by atoms with E-state index >= 15 is 0 Å². The predicted molar refractivity (Wildman–Crippen MR) is 118 cm³/mol. The molecule has 2 fully saturated rings. The molecule has 6 nitrogen and oxygen atoms in total. The zero-order valence-electron chi connectivity index (χ0n) is 17.7. The first-order chi connectivity index (χ1) is 14.5. The Morgan fingerprint density at radius 1 is 1.13 bits per heavy atom. The fraction of sp³-hybridized carbons (Fsp3) is 0.565. The topological polar surface area (TPSA) is 83.3 Å². The van der Waals surface area contributed by atoms with Crippen molar-refractivity contribution in [3.63, 3.8) is 0 Å². The van der Waals surface area contributed by atoms with Crippen molar-refractivity contribution < 1.29 is 9.18 Å². The lowest BCUT2D eigenvalue weighted by Gasteiger charge is -2.36. The Kier molecular flexibility index (Phi) is 6.49. The first-order valence-electron chi connectivity index (χ1n) is 11.2. The summed E-state index contributed by atoms with van der Waals surface area (Å²) in [6.07, 6.45) is 8.12. The van der Waals surface area contributed by atoms with Crippen LogP contribution >= 0.6 is 0 Å². The van der Waals surface area contributed by atoms with Crippen molar-refractivity contribution in [1.82, 2.24) is 15.6 Å². The molecule has 1 aromatic heterocycles. The van der Waals surface area contributed by atoms with Crippen LogP contribution in [0.15, 0.2) is 24.3 Å². The molecule has 0 bridgehead atoms. The SMILES string of the molecule is CC(N)NC(=O)c1cc2ccc(F)cc2nc1N1CCC(NC2CCCCC2)CC1. The molecule has 2 aromatic rings. The van der Waals surface area contributed by atoms with Crippen LogP contribution in [-0.4, -0.2) is 42.2 Å². The number of hydrogen-bond acceptors (Lipinski definition) is 5. The van der Waals surface area contributed by atoms with Crippen LogP contribution in [0.5, 0.6) is 0 Å². The third kappa shape index (κ3) is 4.90. The Morgan fingerprint density at radius 3 is 2.53 bits per heavy atom. The minimum Gasteiger partial charge on any atom is -0.356 e. The van der Waals surface area contributed by atoms with E-state index in [2.05, 4.69) is 15.5 Å². The highest BCUT2D eigenvalue weighted by Gasteiger charge is 2.26. The monoisotopic (exact) mass is 413 g/mol. The minimum absolute atomic E-state index is 0.249. The number of halogens is 1. The lowest BCUT2D eigenvalue weighted by Crippen LogP contribution is -2.47. The smallest absolute Gasteiger partial charge is 0.256 e. The molecule has 4 rings (SSSR count). The molecule has 1 aliphatic heterocycles. The number of pyridine rings is 1. The molecule has 4 N–H and O–H groups in total. The highest BCUT2D eigenvalue weighted by molar-refractivity contribution is 6.02. The van der Waals surface area contributed by atoms with Gasteiger partial charge in [-0.05, 0) is 50.8 Å². The van der Waals surface area contributed by atoms with Gasteiger partial charge in [-0.1, -0.05) is 19.3 Å². The molecule has 1 aromatic carbocycles. The summed E-state index contributed by atoms with van der Waals surface area (Å²) >= 11 is 0. The molecule has 1 saturated carbocycles. The molecule has 0 radical (unpaired) electrons. The zero-order chi connectivity index (χ0) is 21.1. The van der Waals surface area contributed by atoms with Crippen LogP contribution in [0.3, 0.4) is 0 Å². The molecule has 2 heterocycles. The van der Waals surface area contributed by atoms with Crippen molar-refractivity contribution >= 4 is 22.6 Å². The Labute approximate surface area is 177 Å². The van der Waals surface area contributed by atoms with Crippen LogP contribution in [0.25, 0.3) is 10.9 Å². The van der Waals surface area contributed by atoms with Crippen molar-refractivity contribution in [3.05, 3.63) is 35.6 Å². The van der Waals surface area contributed by atoms with Crippen molar-refractivity contribution in [2.24, 2.45) is 5.73 Å². The summed E-state index contributed by atoms with van der Waals surface area (Å²) in [4.78, 5) is 19.7. The summed E-state index contributed by atoms with van der Waals surface area (Å²) in [5.41, 5.74) is 6.83. The molecule has 30 heavy (non-hydrogen) atoms. The van der Waals surface area contributed by atoms with Gasteiger partial charge in [-0.2, -0.15) is 0 Å². The average molecular weight is 414 g/mol. The number of amides is 1. The van der Waals surface area contributed by atoms with E-state index in [0.717, 1.165) is 31.3 Å². The summed E-state index contributed by atoms with van der Waals surface area (Å²) in [5.74, 6) is 0.0349. The van der Waals surface area contributed by atoms with Crippen LogP contribution in [0, 0.1) is 5.82 Å². The molecule has 1 saturated heterocycles. The van der Waals surface area contributed by atoms with Crippen LogP contribution < -0.4 is 21.3 Å². The van der Waals surface area contributed by atoms with Gasteiger partial charge in [0.25, 0.3) is 5.91 Å². The van der Waals surface area contributed by atoms with Gasteiger partial charge in [-0.15, -0.1) is 0 Å². The standard InChI is InChI=1S/C23H32FN5O/c1-15(25)26-23(30)20-13-16-7-8-17(24)14-21(16)28-22(20)29-11-9-19(10-12-29)27-18-5-3-2-4-6-18/h7-8,13-15,18-19,27H,2-6,9-12,25H2,1H3,(H,26,30). The number of benzene rings is 1. The number of hydrogen-bond donors (Lipinski definition) is 3. The highest BCUT2D eigenvalue weighted by atomic mass is 19.1. The highest BCUT2D eigenvalue weighted by Crippen LogP contribution is 2.28. The number of carbonyl (C=O) groups excluding carboxylic acids is 1.